The number of methoxy groups -OCH3 is 1. The minimum absolute atomic E-state index is 0.0677. The highest BCUT2D eigenvalue weighted by molar-refractivity contribution is 5.90. The van der Waals surface area contributed by atoms with Crippen LogP contribution in [0.2, 0.25) is 0 Å². The number of nitriles is 1. The molecular formula is C21H28N4O3. The quantitative estimate of drug-likeness (QED) is 0.785. The Labute approximate surface area is 166 Å². The van der Waals surface area contributed by atoms with Crippen LogP contribution in [0.4, 0.5) is 5.69 Å². The number of nitrogens with one attached hydrogen (secondary N) is 2. The third-order valence-electron chi connectivity index (χ3n) is 5.49. The van der Waals surface area contributed by atoms with Gasteiger partial charge in [0, 0.05) is 43.3 Å². The fourth-order valence-corrected chi connectivity index (χ4v) is 4.24. The number of hydrogen-bond donors (Lipinski definition) is 2. The summed E-state index contributed by atoms with van der Waals surface area (Å²) in [5.74, 6) is 0.527. The van der Waals surface area contributed by atoms with Crippen LogP contribution in [-0.2, 0) is 9.53 Å². The molecule has 1 fully saturated rings. The highest BCUT2D eigenvalue weighted by Crippen LogP contribution is 2.35. The summed E-state index contributed by atoms with van der Waals surface area (Å²) in [5.41, 5.74) is 1.99. The third kappa shape index (κ3) is 4.45. The highest BCUT2D eigenvalue weighted by atomic mass is 16.5. The van der Waals surface area contributed by atoms with Gasteiger partial charge in [-0.1, -0.05) is 6.07 Å². The average molecular weight is 384 g/mol. The second kappa shape index (κ2) is 9.07. The maximum atomic E-state index is 11.7. The van der Waals surface area contributed by atoms with E-state index in [1.807, 2.05) is 31.2 Å². The molecule has 1 amide bonds. The minimum Gasteiger partial charge on any atom is -0.497 e. The lowest BCUT2D eigenvalue weighted by molar-refractivity contribution is -0.121. The molecule has 1 aromatic carbocycles. The van der Waals surface area contributed by atoms with Gasteiger partial charge in [-0.15, -0.1) is 0 Å². The Morgan fingerprint density at radius 2 is 2.25 bits per heavy atom. The molecule has 3 rings (SSSR count). The maximum absolute atomic E-state index is 11.7. The molecule has 28 heavy (non-hydrogen) atoms. The smallest absolute Gasteiger partial charge is 0.217 e. The number of ether oxygens (including phenoxy) is 2. The minimum atomic E-state index is -0.235. The van der Waals surface area contributed by atoms with Crippen molar-refractivity contribution in [3.63, 3.8) is 0 Å². The van der Waals surface area contributed by atoms with Crippen molar-refractivity contribution in [1.82, 2.24) is 5.32 Å². The van der Waals surface area contributed by atoms with E-state index in [9.17, 15) is 10.1 Å². The monoisotopic (exact) mass is 384 g/mol. The number of carbonyl (C=O) groups excluding carboxylic acids is 1. The molecule has 1 aromatic rings. The van der Waals surface area contributed by atoms with Crippen molar-refractivity contribution in [3.8, 4) is 11.8 Å². The Balaban J connectivity index is 1.85. The summed E-state index contributed by atoms with van der Waals surface area (Å²) in [7, 11) is 1.63. The van der Waals surface area contributed by atoms with E-state index < -0.39 is 0 Å². The molecule has 5 atom stereocenters. The molecule has 1 aliphatic heterocycles. The van der Waals surface area contributed by atoms with Gasteiger partial charge in [-0.05, 0) is 25.5 Å². The first kappa shape index (κ1) is 20.2. The fraction of sp³-hybridized carbons (Fsp3) is 0.571. The van der Waals surface area contributed by atoms with E-state index in [0.717, 1.165) is 17.1 Å². The lowest BCUT2D eigenvalue weighted by Crippen LogP contribution is -2.56. The largest absolute Gasteiger partial charge is 0.497 e. The number of anilines is 1. The molecule has 2 N–H and O–H groups in total. The molecule has 5 unspecified atom stereocenters. The van der Waals surface area contributed by atoms with Crippen LogP contribution < -0.4 is 15.4 Å². The number of carbonyl (C=O) groups is 1. The van der Waals surface area contributed by atoms with E-state index in [2.05, 4.69) is 16.7 Å². The van der Waals surface area contributed by atoms with E-state index >= 15 is 0 Å². The van der Waals surface area contributed by atoms with Crippen LogP contribution in [0.25, 0.3) is 0 Å². The van der Waals surface area contributed by atoms with E-state index in [1.165, 1.54) is 6.92 Å². The Morgan fingerprint density at radius 3 is 2.93 bits per heavy atom. The van der Waals surface area contributed by atoms with Crippen molar-refractivity contribution in [3.05, 3.63) is 24.3 Å². The molecule has 1 saturated carbocycles. The molecule has 150 valence electrons. The third-order valence-corrected chi connectivity index (χ3v) is 5.49. The van der Waals surface area contributed by atoms with Gasteiger partial charge in [-0.25, -0.2) is 0 Å². The normalized spacial score (nSPS) is 29.1. The average Bonchev–Trinajstić information content (AvgIpc) is 2.69. The van der Waals surface area contributed by atoms with Gasteiger partial charge in [0.15, 0.2) is 0 Å². The first-order valence-electron chi connectivity index (χ1n) is 9.77. The molecule has 1 aliphatic carbocycles. The van der Waals surface area contributed by atoms with Crippen LogP contribution in [0, 0.1) is 23.2 Å². The molecule has 1 heterocycles. The first-order valence-corrected chi connectivity index (χ1v) is 9.77. The standard InChI is InChI=1S/C21H28N4O3/c1-4-28-20-10-18-17(9-19(20)24-13(2)26)21(14(11-22)12-23-18)25-15-6-5-7-16(8-15)27-3/h5-8,14,17,19-21,25H,4,9-10,12H2,1-3H3,(H,24,26). The topological polar surface area (TPSA) is 95.7 Å². The zero-order chi connectivity index (χ0) is 20.1. The van der Waals surface area contributed by atoms with Gasteiger partial charge >= 0.3 is 0 Å². The van der Waals surface area contributed by atoms with E-state index in [0.29, 0.717) is 26.0 Å². The van der Waals surface area contributed by atoms with Crippen molar-refractivity contribution >= 4 is 17.3 Å². The van der Waals surface area contributed by atoms with Crippen LogP contribution in [0.3, 0.4) is 0 Å². The predicted octanol–water partition coefficient (Wildman–Crippen LogP) is 2.39. The van der Waals surface area contributed by atoms with Gasteiger partial charge in [0.2, 0.25) is 5.91 Å². The number of hydrogen-bond acceptors (Lipinski definition) is 6. The van der Waals surface area contributed by atoms with Crippen molar-refractivity contribution in [2.45, 2.75) is 44.9 Å². The lowest BCUT2D eigenvalue weighted by atomic mass is 9.72. The van der Waals surface area contributed by atoms with Crippen LogP contribution in [0.5, 0.6) is 5.75 Å². The number of nitrogens with zero attached hydrogens (tertiary/aromatic N) is 2. The molecule has 0 spiro atoms. The summed E-state index contributed by atoms with van der Waals surface area (Å²) in [5, 5.41) is 16.3. The van der Waals surface area contributed by atoms with Crippen molar-refractivity contribution in [1.29, 1.82) is 5.26 Å². The van der Waals surface area contributed by atoms with Crippen LogP contribution in [0.1, 0.15) is 26.7 Å². The van der Waals surface area contributed by atoms with Gasteiger partial charge in [0.25, 0.3) is 0 Å². The number of amides is 1. The number of fused-ring (bicyclic) bond motifs is 1. The summed E-state index contributed by atoms with van der Waals surface area (Å²) < 4.78 is 11.2. The summed E-state index contributed by atoms with van der Waals surface area (Å²) in [6.45, 7) is 4.55. The van der Waals surface area contributed by atoms with Crippen molar-refractivity contribution < 1.29 is 14.3 Å². The Morgan fingerprint density at radius 1 is 1.43 bits per heavy atom. The highest BCUT2D eigenvalue weighted by Gasteiger charge is 2.44. The molecule has 0 saturated heterocycles. The molecule has 0 aromatic heterocycles. The second-order valence-corrected chi connectivity index (χ2v) is 7.32. The van der Waals surface area contributed by atoms with Gasteiger partial charge in [-0.3, -0.25) is 9.79 Å². The van der Waals surface area contributed by atoms with E-state index in [1.54, 1.807) is 7.11 Å². The number of aliphatic imine (C=N–C) groups is 1. The second-order valence-electron chi connectivity index (χ2n) is 7.32. The van der Waals surface area contributed by atoms with Gasteiger partial charge in [0.1, 0.15) is 5.75 Å². The molecule has 0 radical (unpaired) electrons. The van der Waals surface area contributed by atoms with Gasteiger partial charge in [0.05, 0.1) is 43.8 Å². The van der Waals surface area contributed by atoms with Crippen LogP contribution in [-0.4, -0.2) is 50.1 Å². The Kier molecular flexibility index (Phi) is 6.53. The number of benzene rings is 1. The Hall–Kier alpha value is -2.59. The zero-order valence-corrected chi connectivity index (χ0v) is 16.6. The predicted molar refractivity (Wildman–Crippen MR) is 108 cm³/mol. The molecule has 7 nitrogen and oxygen atoms in total. The molecule has 0 bridgehead atoms. The maximum Gasteiger partial charge on any atom is 0.217 e. The Bertz CT molecular complexity index is 773. The molecule has 2 aliphatic rings. The summed E-state index contributed by atoms with van der Waals surface area (Å²) in [6.07, 6.45) is 1.29. The fourth-order valence-electron chi connectivity index (χ4n) is 4.24. The first-order chi connectivity index (χ1) is 13.5. The zero-order valence-electron chi connectivity index (χ0n) is 16.6. The lowest BCUT2D eigenvalue weighted by Gasteiger charge is -2.44. The summed E-state index contributed by atoms with van der Waals surface area (Å²) in [4.78, 5) is 16.4. The number of rotatable bonds is 6. The van der Waals surface area contributed by atoms with Crippen LogP contribution >= 0.6 is 0 Å². The SMILES string of the molecule is CCOC1CC2=NCC(C#N)C(Nc3cccc(OC)c3)C2CC1NC(C)=O. The van der Waals surface area contributed by atoms with Gasteiger partial charge < -0.3 is 20.1 Å². The van der Waals surface area contributed by atoms with E-state index in [4.69, 9.17) is 14.5 Å². The molecular weight excluding hydrogens is 356 g/mol. The van der Waals surface area contributed by atoms with Crippen LogP contribution in [0.15, 0.2) is 29.3 Å². The van der Waals surface area contributed by atoms with E-state index in [-0.39, 0.29) is 35.9 Å². The summed E-state index contributed by atoms with van der Waals surface area (Å²) in [6, 6.07) is 9.95. The van der Waals surface area contributed by atoms with Crippen molar-refractivity contribution in [2.24, 2.45) is 16.8 Å². The van der Waals surface area contributed by atoms with Crippen molar-refractivity contribution in [2.75, 3.05) is 25.6 Å². The van der Waals surface area contributed by atoms with Gasteiger partial charge in [-0.2, -0.15) is 5.26 Å². The summed E-state index contributed by atoms with van der Waals surface area (Å²) >= 11 is 0. The molecule has 7 heteroatoms.